The monoisotopic (exact) mass is 210 g/mol. The fourth-order valence-corrected chi connectivity index (χ4v) is 2.11. The van der Waals surface area contributed by atoms with Crippen LogP contribution in [0.3, 0.4) is 0 Å². The molecule has 0 N–H and O–H groups in total. The Bertz CT molecular complexity index is 267. The van der Waals surface area contributed by atoms with Gasteiger partial charge in [-0.3, -0.25) is 4.79 Å². The van der Waals surface area contributed by atoms with Crippen LogP contribution in [0.1, 0.15) is 48.5 Å². The van der Waals surface area contributed by atoms with Crippen LogP contribution in [0, 0.1) is 23.2 Å². The SMILES string of the molecule is C#CC(OC(C)=O)(C(C)(C)C)C(C)(C)C. The highest BCUT2D eigenvalue weighted by Gasteiger charge is 2.52. The fourth-order valence-electron chi connectivity index (χ4n) is 2.11. The molecule has 0 bridgehead atoms. The van der Waals surface area contributed by atoms with Crippen LogP contribution in [-0.4, -0.2) is 11.6 Å². The summed E-state index contributed by atoms with van der Waals surface area (Å²) in [4.78, 5) is 11.2. The molecular formula is C13H22O2. The van der Waals surface area contributed by atoms with Crippen molar-refractivity contribution >= 4 is 5.97 Å². The van der Waals surface area contributed by atoms with E-state index in [4.69, 9.17) is 11.2 Å². The van der Waals surface area contributed by atoms with E-state index >= 15 is 0 Å². The van der Waals surface area contributed by atoms with Crippen LogP contribution in [0.5, 0.6) is 0 Å². The van der Waals surface area contributed by atoms with E-state index in [0.717, 1.165) is 0 Å². The summed E-state index contributed by atoms with van der Waals surface area (Å²) >= 11 is 0. The average Bonchev–Trinajstić information content (AvgIpc) is 1.94. The highest BCUT2D eigenvalue weighted by Crippen LogP contribution is 2.46. The van der Waals surface area contributed by atoms with Gasteiger partial charge in [0.1, 0.15) is 0 Å². The van der Waals surface area contributed by atoms with Crippen molar-refractivity contribution in [1.82, 2.24) is 0 Å². The van der Waals surface area contributed by atoms with Crippen LogP contribution in [0.2, 0.25) is 0 Å². The van der Waals surface area contributed by atoms with Gasteiger partial charge >= 0.3 is 5.97 Å². The molecule has 0 aromatic carbocycles. The molecule has 0 radical (unpaired) electrons. The normalized spacial score (nSPS) is 13.2. The van der Waals surface area contributed by atoms with Gasteiger partial charge in [0.25, 0.3) is 0 Å². The van der Waals surface area contributed by atoms with Gasteiger partial charge in [0, 0.05) is 17.8 Å². The molecule has 0 saturated heterocycles. The van der Waals surface area contributed by atoms with Crippen molar-refractivity contribution in [3.05, 3.63) is 0 Å². The van der Waals surface area contributed by atoms with E-state index in [1.807, 2.05) is 41.5 Å². The molecule has 2 nitrogen and oxygen atoms in total. The molecule has 0 unspecified atom stereocenters. The van der Waals surface area contributed by atoms with Gasteiger partial charge in [0.05, 0.1) is 0 Å². The highest BCUT2D eigenvalue weighted by molar-refractivity contribution is 5.67. The Labute approximate surface area is 93.4 Å². The van der Waals surface area contributed by atoms with Crippen molar-refractivity contribution in [2.24, 2.45) is 10.8 Å². The molecular weight excluding hydrogens is 188 g/mol. The third-order valence-corrected chi connectivity index (χ3v) is 2.61. The third kappa shape index (κ3) is 2.53. The van der Waals surface area contributed by atoms with Crippen molar-refractivity contribution in [2.75, 3.05) is 0 Å². The summed E-state index contributed by atoms with van der Waals surface area (Å²) in [6.45, 7) is 13.3. The molecule has 2 heteroatoms. The minimum atomic E-state index is -0.883. The molecule has 0 atom stereocenters. The van der Waals surface area contributed by atoms with Gasteiger partial charge in [-0.25, -0.2) is 0 Å². The van der Waals surface area contributed by atoms with E-state index in [0.29, 0.717) is 0 Å². The van der Waals surface area contributed by atoms with Crippen LogP contribution >= 0.6 is 0 Å². The second kappa shape index (κ2) is 3.89. The molecule has 0 saturated carbocycles. The van der Waals surface area contributed by atoms with Crippen LogP contribution in [0.15, 0.2) is 0 Å². The molecule has 0 aliphatic carbocycles. The lowest BCUT2D eigenvalue weighted by molar-refractivity contribution is -0.177. The number of hydrogen-bond acceptors (Lipinski definition) is 2. The van der Waals surface area contributed by atoms with Crippen LogP contribution < -0.4 is 0 Å². The number of rotatable bonds is 1. The van der Waals surface area contributed by atoms with E-state index in [2.05, 4.69) is 5.92 Å². The van der Waals surface area contributed by atoms with Gasteiger partial charge in [-0.15, -0.1) is 6.42 Å². The highest BCUT2D eigenvalue weighted by atomic mass is 16.6. The van der Waals surface area contributed by atoms with Gasteiger partial charge in [0.15, 0.2) is 5.60 Å². The standard InChI is InChI=1S/C13H22O2/c1-9-13(11(3,4)5,12(6,7)8)15-10(2)14/h1H,2-8H3. The smallest absolute Gasteiger partial charge is 0.304 e. The Kier molecular flexibility index (Phi) is 3.63. The molecule has 0 aliphatic rings. The summed E-state index contributed by atoms with van der Waals surface area (Å²) in [6, 6.07) is 0. The van der Waals surface area contributed by atoms with Gasteiger partial charge < -0.3 is 4.74 Å². The first-order valence-electron chi connectivity index (χ1n) is 5.15. The zero-order valence-electron chi connectivity index (χ0n) is 10.9. The predicted octanol–water partition coefficient (Wildman–Crippen LogP) is 3.01. The largest absolute Gasteiger partial charge is 0.445 e. The Morgan fingerprint density at radius 1 is 1.07 bits per heavy atom. The number of esters is 1. The summed E-state index contributed by atoms with van der Waals surface area (Å²) in [7, 11) is 0. The van der Waals surface area contributed by atoms with E-state index in [1.54, 1.807) is 0 Å². The Balaban J connectivity index is 5.56. The van der Waals surface area contributed by atoms with E-state index in [-0.39, 0.29) is 16.8 Å². The molecule has 0 rings (SSSR count). The van der Waals surface area contributed by atoms with Crippen molar-refractivity contribution < 1.29 is 9.53 Å². The number of terminal acetylenes is 1. The van der Waals surface area contributed by atoms with Gasteiger partial charge in [-0.2, -0.15) is 0 Å². The summed E-state index contributed by atoms with van der Waals surface area (Å²) in [5, 5.41) is 0. The maximum absolute atomic E-state index is 11.2. The minimum absolute atomic E-state index is 0.300. The number of ether oxygens (including phenoxy) is 1. The maximum atomic E-state index is 11.2. The number of carbonyl (C=O) groups is 1. The Morgan fingerprint density at radius 2 is 1.40 bits per heavy atom. The first-order chi connectivity index (χ1) is 6.48. The molecule has 0 aromatic heterocycles. The van der Waals surface area contributed by atoms with Crippen LogP contribution in [0.4, 0.5) is 0 Å². The fraction of sp³-hybridized carbons (Fsp3) is 0.769. The second-order valence-electron chi connectivity index (χ2n) is 5.92. The summed E-state index contributed by atoms with van der Waals surface area (Å²) in [5.74, 6) is 2.35. The molecule has 0 spiro atoms. The van der Waals surface area contributed by atoms with Gasteiger partial charge in [-0.05, 0) is 0 Å². The lowest BCUT2D eigenvalue weighted by atomic mass is 9.63. The predicted molar refractivity (Wildman–Crippen MR) is 62.2 cm³/mol. The minimum Gasteiger partial charge on any atom is -0.445 e. The Morgan fingerprint density at radius 3 is 1.47 bits per heavy atom. The van der Waals surface area contributed by atoms with Crippen molar-refractivity contribution in [2.45, 2.75) is 54.1 Å². The zero-order chi connectivity index (χ0) is 12.5. The van der Waals surface area contributed by atoms with Gasteiger partial charge in [-0.1, -0.05) is 47.5 Å². The quantitative estimate of drug-likeness (QED) is 0.491. The van der Waals surface area contributed by atoms with Crippen molar-refractivity contribution in [1.29, 1.82) is 0 Å². The molecule has 0 amide bonds. The van der Waals surface area contributed by atoms with E-state index in [9.17, 15) is 4.79 Å². The van der Waals surface area contributed by atoms with E-state index < -0.39 is 5.60 Å². The number of hydrogen-bond donors (Lipinski definition) is 0. The van der Waals surface area contributed by atoms with Crippen LogP contribution in [0.25, 0.3) is 0 Å². The summed E-state index contributed by atoms with van der Waals surface area (Å²) < 4.78 is 5.44. The number of carbonyl (C=O) groups excluding carboxylic acids is 1. The van der Waals surface area contributed by atoms with E-state index in [1.165, 1.54) is 6.92 Å². The second-order valence-corrected chi connectivity index (χ2v) is 5.92. The molecule has 0 aliphatic heterocycles. The van der Waals surface area contributed by atoms with Gasteiger partial charge in [0.2, 0.25) is 0 Å². The molecule has 0 fully saturated rings. The lowest BCUT2D eigenvalue weighted by Crippen LogP contribution is -2.54. The lowest BCUT2D eigenvalue weighted by Gasteiger charge is -2.48. The Hall–Kier alpha value is -0.970. The average molecular weight is 210 g/mol. The molecule has 0 aromatic rings. The first-order valence-corrected chi connectivity index (χ1v) is 5.15. The molecule has 0 heterocycles. The van der Waals surface area contributed by atoms with Crippen molar-refractivity contribution in [3.8, 4) is 12.3 Å². The zero-order valence-corrected chi connectivity index (χ0v) is 10.9. The summed E-state index contributed by atoms with van der Waals surface area (Å²) in [6.07, 6.45) is 5.60. The maximum Gasteiger partial charge on any atom is 0.304 e. The summed E-state index contributed by atoms with van der Waals surface area (Å²) in [5.41, 5.74) is -1.48. The molecule has 86 valence electrons. The topological polar surface area (TPSA) is 26.3 Å². The first kappa shape index (κ1) is 14.0. The van der Waals surface area contributed by atoms with Crippen molar-refractivity contribution in [3.63, 3.8) is 0 Å². The third-order valence-electron chi connectivity index (χ3n) is 2.61. The molecule has 15 heavy (non-hydrogen) atoms. The van der Waals surface area contributed by atoms with Crippen LogP contribution in [-0.2, 0) is 9.53 Å².